The van der Waals surface area contributed by atoms with Gasteiger partial charge in [0.2, 0.25) is 0 Å². The maximum Gasteiger partial charge on any atom is 0.142 e. The van der Waals surface area contributed by atoms with Crippen LogP contribution in [-0.2, 0) is 0 Å². The van der Waals surface area contributed by atoms with Gasteiger partial charge in [-0.15, -0.1) is 0 Å². The summed E-state index contributed by atoms with van der Waals surface area (Å²) in [6.07, 6.45) is 1.82. The first-order valence-electron chi connectivity index (χ1n) is 7.24. The van der Waals surface area contributed by atoms with E-state index in [1.54, 1.807) is 7.11 Å². The van der Waals surface area contributed by atoms with Crippen LogP contribution in [0.15, 0.2) is 42.6 Å². The molecule has 112 valence electrons. The van der Waals surface area contributed by atoms with Crippen molar-refractivity contribution in [2.24, 2.45) is 0 Å². The van der Waals surface area contributed by atoms with Crippen LogP contribution in [0.5, 0.6) is 5.75 Å². The predicted octanol–water partition coefficient (Wildman–Crippen LogP) is 3.53. The molecule has 2 aromatic rings. The highest BCUT2D eigenvalue weighted by atomic mass is 16.5. The third kappa shape index (κ3) is 3.34. The number of nitrogens with zero attached hydrogens (tertiary/aromatic N) is 2. The average molecular weight is 285 g/mol. The zero-order valence-electron chi connectivity index (χ0n) is 13.1. The molecule has 1 heterocycles. The van der Waals surface area contributed by atoms with Crippen molar-refractivity contribution >= 4 is 11.5 Å². The Bertz CT molecular complexity index is 586. The number of pyridine rings is 1. The van der Waals surface area contributed by atoms with Crippen LogP contribution in [0.3, 0.4) is 0 Å². The van der Waals surface area contributed by atoms with Gasteiger partial charge in [0.1, 0.15) is 11.6 Å². The van der Waals surface area contributed by atoms with Gasteiger partial charge in [-0.3, -0.25) is 0 Å². The molecule has 1 atom stereocenters. The van der Waals surface area contributed by atoms with E-state index >= 15 is 0 Å². The minimum Gasteiger partial charge on any atom is -0.495 e. The van der Waals surface area contributed by atoms with Crippen LogP contribution in [0, 0.1) is 0 Å². The van der Waals surface area contributed by atoms with Crippen molar-refractivity contribution in [2.45, 2.75) is 19.9 Å². The van der Waals surface area contributed by atoms with Gasteiger partial charge in [0.05, 0.1) is 12.8 Å². The number of hydrogen-bond acceptors (Lipinski definition) is 4. The summed E-state index contributed by atoms with van der Waals surface area (Å²) in [6.45, 7) is 5.18. The molecule has 1 unspecified atom stereocenters. The van der Waals surface area contributed by atoms with Crippen molar-refractivity contribution in [3.63, 3.8) is 0 Å². The van der Waals surface area contributed by atoms with Crippen molar-refractivity contribution in [1.82, 2.24) is 10.3 Å². The maximum atomic E-state index is 5.45. The van der Waals surface area contributed by atoms with E-state index in [-0.39, 0.29) is 6.04 Å². The summed E-state index contributed by atoms with van der Waals surface area (Å²) in [5.74, 6) is 1.78. The van der Waals surface area contributed by atoms with E-state index in [0.717, 1.165) is 23.8 Å². The Kier molecular flexibility index (Phi) is 5.17. The molecule has 21 heavy (non-hydrogen) atoms. The molecule has 0 aliphatic carbocycles. The fourth-order valence-electron chi connectivity index (χ4n) is 2.46. The van der Waals surface area contributed by atoms with Crippen LogP contribution >= 0.6 is 0 Å². The standard InChI is InChI=1S/C17H23N3O/c1-5-18-13(2)14-9-8-12-19-17(14)20(3)15-10-6-7-11-16(15)21-4/h6-13,18H,5H2,1-4H3. The molecule has 2 rings (SSSR count). The van der Waals surface area contributed by atoms with Gasteiger partial charge in [-0.05, 0) is 31.7 Å². The van der Waals surface area contributed by atoms with Gasteiger partial charge < -0.3 is 15.0 Å². The summed E-state index contributed by atoms with van der Waals surface area (Å²) in [5.41, 5.74) is 2.18. The molecule has 0 bridgehead atoms. The zero-order valence-corrected chi connectivity index (χ0v) is 13.1. The summed E-state index contributed by atoms with van der Waals surface area (Å²) in [6, 6.07) is 12.3. The van der Waals surface area contributed by atoms with E-state index in [9.17, 15) is 0 Å². The summed E-state index contributed by atoms with van der Waals surface area (Å²) in [4.78, 5) is 6.64. The number of ether oxygens (including phenoxy) is 1. The molecule has 0 spiro atoms. The van der Waals surface area contributed by atoms with Crippen molar-refractivity contribution < 1.29 is 4.74 Å². The molecule has 1 aromatic heterocycles. The summed E-state index contributed by atoms with van der Waals surface area (Å²) < 4.78 is 5.45. The quantitative estimate of drug-likeness (QED) is 0.881. The smallest absolute Gasteiger partial charge is 0.142 e. The van der Waals surface area contributed by atoms with Crippen LogP contribution in [0.2, 0.25) is 0 Å². The first kappa shape index (κ1) is 15.3. The molecule has 1 aromatic carbocycles. The summed E-state index contributed by atoms with van der Waals surface area (Å²) in [7, 11) is 3.70. The second-order valence-electron chi connectivity index (χ2n) is 4.93. The van der Waals surface area contributed by atoms with E-state index in [1.807, 2.05) is 43.6 Å². The molecule has 0 amide bonds. The second-order valence-corrected chi connectivity index (χ2v) is 4.93. The zero-order chi connectivity index (χ0) is 15.2. The molecule has 4 heteroatoms. The average Bonchev–Trinajstić information content (AvgIpc) is 2.54. The number of benzene rings is 1. The minimum atomic E-state index is 0.246. The normalized spacial score (nSPS) is 12.0. The lowest BCUT2D eigenvalue weighted by molar-refractivity contribution is 0.415. The van der Waals surface area contributed by atoms with Crippen LogP contribution in [0.4, 0.5) is 11.5 Å². The lowest BCUT2D eigenvalue weighted by Gasteiger charge is -2.25. The lowest BCUT2D eigenvalue weighted by Crippen LogP contribution is -2.22. The first-order chi connectivity index (χ1) is 10.2. The number of methoxy groups -OCH3 is 1. The highest BCUT2D eigenvalue weighted by Crippen LogP contribution is 2.34. The molecule has 0 fully saturated rings. The molecule has 0 saturated carbocycles. The second kappa shape index (κ2) is 7.09. The van der Waals surface area contributed by atoms with Crippen LogP contribution in [0.1, 0.15) is 25.5 Å². The van der Waals surface area contributed by atoms with Crippen molar-refractivity contribution in [3.05, 3.63) is 48.2 Å². The number of aromatic nitrogens is 1. The topological polar surface area (TPSA) is 37.4 Å². The van der Waals surface area contributed by atoms with E-state index < -0.39 is 0 Å². The van der Waals surface area contributed by atoms with Gasteiger partial charge in [-0.2, -0.15) is 0 Å². The Balaban J connectivity index is 2.41. The van der Waals surface area contributed by atoms with Crippen molar-refractivity contribution in [3.8, 4) is 5.75 Å². The lowest BCUT2D eigenvalue weighted by atomic mass is 10.1. The van der Waals surface area contributed by atoms with Crippen LogP contribution in [-0.4, -0.2) is 25.7 Å². The van der Waals surface area contributed by atoms with E-state index in [0.29, 0.717) is 0 Å². The van der Waals surface area contributed by atoms with Crippen molar-refractivity contribution in [2.75, 3.05) is 25.6 Å². The molecule has 0 radical (unpaired) electrons. The molecule has 1 N–H and O–H groups in total. The van der Waals surface area contributed by atoms with Crippen LogP contribution in [0.25, 0.3) is 0 Å². The minimum absolute atomic E-state index is 0.246. The van der Waals surface area contributed by atoms with E-state index in [4.69, 9.17) is 4.74 Å². The molecular formula is C17H23N3O. The Morgan fingerprint density at radius 1 is 1.24 bits per heavy atom. The summed E-state index contributed by atoms with van der Waals surface area (Å²) in [5, 5.41) is 3.44. The third-order valence-corrected chi connectivity index (χ3v) is 3.56. The molecule has 0 aliphatic rings. The number of anilines is 2. The Labute approximate surface area is 126 Å². The third-order valence-electron chi connectivity index (χ3n) is 3.56. The monoisotopic (exact) mass is 285 g/mol. The van der Waals surface area contributed by atoms with Gasteiger partial charge in [-0.1, -0.05) is 25.1 Å². The highest BCUT2D eigenvalue weighted by molar-refractivity contribution is 5.68. The largest absolute Gasteiger partial charge is 0.495 e. The number of para-hydroxylation sites is 2. The predicted molar refractivity (Wildman–Crippen MR) is 87.4 cm³/mol. The van der Waals surface area contributed by atoms with Gasteiger partial charge in [-0.25, -0.2) is 4.98 Å². The van der Waals surface area contributed by atoms with Gasteiger partial charge in [0.15, 0.2) is 0 Å². The van der Waals surface area contributed by atoms with Crippen molar-refractivity contribution in [1.29, 1.82) is 0 Å². The Morgan fingerprint density at radius 2 is 2.00 bits per heavy atom. The fraction of sp³-hybridized carbons (Fsp3) is 0.353. The molecule has 4 nitrogen and oxygen atoms in total. The van der Waals surface area contributed by atoms with E-state index in [1.165, 1.54) is 5.56 Å². The highest BCUT2D eigenvalue weighted by Gasteiger charge is 2.17. The van der Waals surface area contributed by atoms with Crippen LogP contribution < -0.4 is 15.0 Å². The first-order valence-corrected chi connectivity index (χ1v) is 7.24. The van der Waals surface area contributed by atoms with E-state index in [2.05, 4.69) is 35.1 Å². The number of hydrogen-bond donors (Lipinski definition) is 1. The fourth-order valence-corrected chi connectivity index (χ4v) is 2.46. The number of rotatable bonds is 6. The van der Waals surface area contributed by atoms with Gasteiger partial charge >= 0.3 is 0 Å². The van der Waals surface area contributed by atoms with Gasteiger partial charge in [0.25, 0.3) is 0 Å². The van der Waals surface area contributed by atoms with Gasteiger partial charge in [0, 0.05) is 24.8 Å². The SMILES string of the molecule is CCNC(C)c1cccnc1N(C)c1ccccc1OC. The molecular weight excluding hydrogens is 262 g/mol. The summed E-state index contributed by atoms with van der Waals surface area (Å²) >= 11 is 0. The molecule has 0 saturated heterocycles. The maximum absolute atomic E-state index is 5.45. The Morgan fingerprint density at radius 3 is 2.71 bits per heavy atom. The number of nitrogens with one attached hydrogen (secondary N) is 1. The molecule has 0 aliphatic heterocycles. The Hall–Kier alpha value is -2.07.